The van der Waals surface area contributed by atoms with Crippen LogP contribution >= 0.6 is 28.1 Å². The van der Waals surface area contributed by atoms with Crippen LogP contribution in [0.15, 0.2) is 22.7 Å². The highest BCUT2D eigenvalue weighted by Crippen LogP contribution is 2.27. The highest BCUT2D eigenvalue weighted by molar-refractivity contribution is 9.10. The van der Waals surface area contributed by atoms with Crippen molar-refractivity contribution >= 4 is 33.1 Å². The van der Waals surface area contributed by atoms with Gasteiger partial charge in [-0.15, -0.1) is 0 Å². The van der Waals surface area contributed by atoms with Gasteiger partial charge in [0.05, 0.1) is 11.1 Å². The van der Waals surface area contributed by atoms with Gasteiger partial charge in [-0.25, -0.2) is 0 Å². The number of hydrogen-bond donors (Lipinski definition) is 1. The number of hydrogen-bond acceptors (Lipinski definition) is 2. The molecule has 1 aromatic carbocycles. The van der Waals surface area contributed by atoms with E-state index in [-0.39, 0.29) is 0 Å². The maximum Gasteiger partial charge on any atom is 0.133 e. The van der Waals surface area contributed by atoms with Crippen molar-refractivity contribution in [1.82, 2.24) is 0 Å². The number of unbranched alkanes of at least 4 members (excludes halogenated alkanes) is 1. The number of thiocarbonyl (C=S) groups is 1. The lowest BCUT2D eigenvalue weighted by molar-refractivity contribution is 0.232. The van der Waals surface area contributed by atoms with E-state index in [1.807, 2.05) is 18.2 Å². The summed E-state index contributed by atoms with van der Waals surface area (Å²) in [5.74, 6) is 1.48. The first-order chi connectivity index (χ1) is 9.08. The fourth-order valence-corrected chi connectivity index (χ4v) is 2.50. The Kier molecular flexibility index (Phi) is 7.39. The quantitative estimate of drug-likeness (QED) is 0.696. The first kappa shape index (κ1) is 16.4. The molecule has 0 aliphatic carbocycles. The molecule has 2 nitrogen and oxygen atoms in total. The van der Waals surface area contributed by atoms with E-state index in [2.05, 4.69) is 29.8 Å². The van der Waals surface area contributed by atoms with Gasteiger partial charge in [0.15, 0.2) is 0 Å². The maximum absolute atomic E-state index is 5.89. The van der Waals surface area contributed by atoms with Crippen molar-refractivity contribution in [3.8, 4) is 5.75 Å². The standard InChI is InChI=1S/C15H22BrNOS/c1-3-5-6-11(4-2)10-18-14-8-7-12(15(17)19)9-13(14)16/h7-9,11H,3-6,10H2,1-2H3,(H2,17,19). The maximum atomic E-state index is 5.89. The van der Waals surface area contributed by atoms with E-state index < -0.39 is 0 Å². The largest absolute Gasteiger partial charge is 0.492 e. The molecule has 0 amide bonds. The average Bonchev–Trinajstić information content (AvgIpc) is 2.40. The van der Waals surface area contributed by atoms with Crippen LogP contribution < -0.4 is 10.5 Å². The molecule has 0 heterocycles. The third kappa shape index (κ3) is 5.49. The molecule has 0 aliphatic rings. The molecule has 0 saturated carbocycles. The Morgan fingerprint density at radius 1 is 1.42 bits per heavy atom. The van der Waals surface area contributed by atoms with Crippen LogP contribution in [0.2, 0.25) is 0 Å². The van der Waals surface area contributed by atoms with E-state index in [4.69, 9.17) is 22.7 Å². The zero-order chi connectivity index (χ0) is 14.3. The molecule has 2 N–H and O–H groups in total. The smallest absolute Gasteiger partial charge is 0.133 e. The summed E-state index contributed by atoms with van der Waals surface area (Å²) in [7, 11) is 0. The Morgan fingerprint density at radius 2 is 2.16 bits per heavy atom. The number of nitrogens with two attached hydrogens (primary N) is 1. The molecule has 1 atom stereocenters. The lowest BCUT2D eigenvalue weighted by Gasteiger charge is -2.16. The SMILES string of the molecule is CCCCC(CC)COc1ccc(C(N)=S)cc1Br. The second kappa shape index (κ2) is 8.54. The first-order valence-electron chi connectivity index (χ1n) is 6.80. The van der Waals surface area contributed by atoms with Gasteiger partial charge in [0.2, 0.25) is 0 Å². The van der Waals surface area contributed by atoms with Crippen LogP contribution in [0, 0.1) is 5.92 Å². The molecule has 0 saturated heterocycles. The lowest BCUT2D eigenvalue weighted by atomic mass is 10.0. The molecule has 1 aromatic rings. The van der Waals surface area contributed by atoms with Crippen molar-refractivity contribution in [2.45, 2.75) is 39.5 Å². The van der Waals surface area contributed by atoms with Gasteiger partial charge in [-0.2, -0.15) is 0 Å². The normalized spacial score (nSPS) is 12.2. The third-order valence-corrected chi connectivity index (χ3v) is 4.09. The van der Waals surface area contributed by atoms with E-state index in [1.165, 1.54) is 19.3 Å². The molecular weight excluding hydrogens is 322 g/mol. The summed E-state index contributed by atoms with van der Waals surface area (Å²) in [5, 5.41) is 0. The number of ether oxygens (including phenoxy) is 1. The zero-order valence-corrected chi connectivity index (χ0v) is 14.0. The van der Waals surface area contributed by atoms with Crippen LogP contribution in [0.1, 0.15) is 45.1 Å². The highest BCUT2D eigenvalue weighted by atomic mass is 79.9. The summed E-state index contributed by atoms with van der Waals surface area (Å²) < 4.78 is 6.80. The molecule has 0 spiro atoms. The fraction of sp³-hybridized carbons (Fsp3) is 0.533. The first-order valence-corrected chi connectivity index (χ1v) is 8.00. The molecule has 1 unspecified atom stereocenters. The van der Waals surface area contributed by atoms with E-state index in [0.29, 0.717) is 10.9 Å². The number of rotatable bonds is 8. The molecule has 0 aliphatic heterocycles. The second-order valence-electron chi connectivity index (χ2n) is 4.74. The topological polar surface area (TPSA) is 35.2 Å². The van der Waals surface area contributed by atoms with Gasteiger partial charge < -0.3 is 10.5 Å². The van der Waals surface area contributed by atoms with Gasteiger partial charge in [0, 0.05) is 5.56 Å². The predicted octanol–water partition coefficient (Wildman–Crippen LogP) is 4.68. The molecule has 19 heavy (non-hydrogen) atoms. The minimum absolute atomic E-state index is 0.404. The lowest BCUT2D eigenvalue weighted by Crippen LogP contribution is -2.12. The molecule has 0 fully saturated rings. The van der Waals surface area contributed by atoms with Gasteiger partial charge in [-0.05, 0) is 46.5 Å². The summed E-state index contributed by atoms with van der Waals surface area (Å²) in [4.78, 5) is 0.404. The Bertz CT molecular complexity index is 423. The van der Waals surface area contributed by atoms with Gasteiger partial charge in [-0.3, -0.25) is 0 Å². The fourth-order valence-electron chi connectivity index (χ4n) is 1.88. The van der Waals surface area contributed by atoms with Crippen molar-refractivity contribution in [1.29, 1.82) is 0 Å². The summed E-state index contributed by atoms with van der Waals surface area (Å²) in [5.41, 5.74) is 6.46. The highest BCUT2D eigenvalue weighted by Gasteiger charge is 2.09. The van der Waals surface area contributed by atoms with Crippen LogP contribution in [0.3, 0.4) is 0 Å². The van der Waals surface area contributed by atoms with Crippen molar-refractivity contribution in [3.63, 3.8) is 0 Å². The van der Waals surface area contributed by atoms with Crippen LogP contribution in [0.5, 0.6) is 5.75 Å². The molecule has 0 bridgehead atoms. The van der Waals surface area contributed by atoms with Crippen molar-refractivity contribution < 1.29 is 4.74 Å². The Hall–Kier alpha value is -0.610. The van der Waals surface area contributed by atoms with Gasteiger partial charge in [-0.1, -0.05) is 45.3 Å². The number of halogens is 1. The molecule has 0 radical (unpaired) electrons. The third-order valence-electron chi connectivity index (χ3n) is 3.23. The van der Waals surface area contributed by atoms with Crippen molar-refractivity contribution in [2.75, 3.05) is 6.61 Å². The minimum atomic E-state index is 0.404. The van der Waals surface area contributed by atoms with Crippen LogP contribution in [-0.4, -0.2) is 11.6 Å². The minimum Gasteiger partial charge on any atom is -0.492 e. The van der Waals surface area contributed by atoms with E-state index in [9.17, 15) is 0 Å². The molecule has 4 heteroatoms. The molecule has 1 rings (SSSR count). The van der Waals surface area contributed by atoms with E-state index in [1.54, 1.807) is 0 Å². The van der Waals surface area contributed by atoms with Crippen LogP contribution in [0.25, 0.3) is 0 Å². The van der Waals surface area contributed by atoms with Crippen molar-refractivity contribution in [3.05, 3.63) is 28.2 Å². The Balaban J connectivity index is 2.59. The van der Waals surface area contributed by atoms with E-state index in [0.717, 1.165) is 28.8 Å². The zero-order valence-electron chi connectivity index (χ0n) is 11.6. The Labute approximate surface area is 129 Å². The number of benzene rings is 1. The van der Waals surface area contributed by atoms with Crippen molar-refractivity contribution in [2.24, 2.45) is 11.7 Å². The average molecular weight is 344 g/mol. The summed E-state index contributed by atoms with van der Waals surface area (Å²) >= 11 is 8.45. The molecular formula is C15H22BrNOS. The van der Waals surface area contributed by atoms with Gasteiger partial charge >= 0.3 is 0 Å². The second-order valence-corrected chi connectivity index (χ2v) is 6.03. The summed E-state index contributed by atoms with van der Waals surface area (Å²) in [6.45, 7) is 5.20. The Morgan fingerprint density at radius 3 is 2.68 bits per heavy atom. The van der Waals surface area contributed by atoms with E-state index >= 15 is 0 Å². The monoisotopic (exact) mass is 343 g/mol. The van der Waals surface area contributed by atoms with Gasteiger partial charge in [0.25, 0.3) is 0 Å². The van der Waals surface area contributed by atoms with Crippen LogP contribution in [0.4, 0.5) is 0 Å². The summed E-state index contributed by atoms with van der Waals surface area (Å²) in [6, 6.07) is 5.73. The summed E-state index contributed by atoms with van der Waals surface area (Å²) in [6.07, 6.45) is 4.89. The predicted molar refractivity (Wildman–Crippen MR) is 88.8 cm³/mol. The molecule has 0 aromatic heterocycles. The van der Waals surface area contributed by atoms with Crippen LogP contribution in [-0.2, 0) is 0 Å². The van der Waals surface area contributed by atoms with Gasteiger partial charge in [0.1, 0.15) is 10.7 Å². The molecule has 106 valence electrons.